The average Bonchev–Trinajstić information content (AvgIpc) is 3.12. The highest BCUT2D eigenvalue weighted by Gasteiger charge is 2.25. The third-order valence-electron chi connectivity index (χ3n) is 4.94. The number of rotatable bonds is 3. The van der Waals surface area contributed by atoms with Crippen molar-refractivity contribution in [1.82, 2.24) is 15.0 Å². The number of nitrogens with one attached hydrogen (secondary N) is 1. The van der Waals surface area contributed by atoms with Gasteiger partial charge in [0.1, 0.15) is 5.76 Å². The van der Waals surface area contributed by atoms with E-state index >= 15 is 0 Å². The van der Waals surface area contributed by atoms with Gasteiger partial charge in [0.15, 0.2) is 5.82 Å². The number of aryl methyl sites for hydroxylation is 1. The van der Waals surface area contributed by atoms with Gasteiger partial charge in [-0.2, -0.15) is 0 Å². The maximum absolute atomic E-state index is 12.5. The molecule has 0 bridgehead atoms. The number of hydrogen-bond acceptors (Lipinski definition) is 4. The van der Waals surface area contributed by atoms with Crippen LogP contribution in [0.25, 0.3) is 0 Å². The van der Waals surface area contributed by atoms with Crippen LogP contribution in [0.15, 0.2) is 10.6 Å². The molecule has 0 radical (unpaired) electrons. The number of anilines is 1. The van der Waals surface area contributed by atoms with E-state index in [0.717, 1.165) is 13.0 Å². The summed E-state index contributed by atoms with van der Waals surface area (Å²) in [6, 6.07) is 1.50. The van der Waals surface area contributed by atoms with Gasteiger partial charge in [0.05, 0.1) is 0 Å². The first-order valence-electron chi connectivity index (χ1n) is 8.89. The molecular formula is C17H26N4O3. The fraction of sp³-hybridized carbons (Fsp3) is 0.706. The van der Waals surface area contributed by atoms with Crippen molar-refractivity contribution in [3.05, 3.63) is 11.8 Å². The minimum atomic E-state index is -0.187. The van der Waals surface area contributed by atoms with Crippen LogP contribution < -0.4 is 5.32 Å². The maximum atomic E-state index is 12.5. The lowest BCUT2D eigenvalue weighted by Crippen LogP contribution is -2.39. The summed E-state index contributed by atoms with van der Waals surface area (Å²) in [5.74, 6) is 1.90. The molecule has 1 N–H and O–H groups in total. The standard InChI is InChI=1S/C17H26N4O3/c1-13-11-15(19-24-13)18-17(23)21-8-4-7-20(9-10-21)16(22)12-14-5-2-3-6-14/h11,14H,2-10,12H2,1H3,(H,18,19,23). The molecule has 24 heavy (non-hydrogen) atoms. The van der Waals surface area contributed by atoms with Crippen molar-refractivity contribution in [2.45, 2.75) is 45.4 Å². The number of nitrogens with zero attached hydrogens (tertiary/aromatic N) is 3. The third kappa shape index (κ3) is 4.27. The summed E-state index contributed by atoms with van der Waals surface area (Å²) in [6.07, 6.45) is 6.36. The molecule has 2 fully saturated rings. The van der Waals surface area contributed by atoms with E-state index in [2.05, 4.69) is 10.5 Å². The predicted octanol–water partition coefficient (Wildman–Crippen LogP) is 2.63. The first-order valence-corrected chi connectivity index (χ1v) is 8.89. The van der Waals surface area contributed by atoms with E-state index in [1.807, 2.05) is 4.90 Å². The third-order valence-corrected chi connectivity index (χ3v) is 4.94. The van der Waals surface area contributed by atoms with Crippen LogP contribution in [0, 0.1) is 12.8 Å². The molecule has 7 nitrogen and oxygen atoms in total. The normalized spacial score (nSPS) is 19.4. The van der Waals surface area contributed by atoms with Crippen LogP contribution >= 0.6 is 0 Å². The summed E-state index contributed by atoms with van der Waals surface area (Å²) in [6.45, 7) is 4.33. The molecule has 0 aromatic carbocycles. The predicted molar refractivity (Wildman–Crippen MR) is 89.6 cm³/mol. The largest absolute Gasteiger partial charge is 0.360 e. The number of aromatic nitrogens is 1. The van der Waals surface area contributed by atoms with Crippen molar-refractivity contribution < 1.29 is 14.1 Å². The van der Waals surface area contributed by atoms with Crippen molar-refractivity contribution in [3.63, 3.8) is 0 Å². The Morgan fingerprint density at radius 3 is 2.58 bits per heavy atom. The second-order valence-electron chi connectivity index (χ2n) is 6.83. The number of urea groups is 1. The highest BCUT2D eigenvalue weighted by Crippen LogP contribution is 2.28. The molecule has 3 amide bonds. The molecule has 132 valence electrons. The van der Waals surface area contributed by atoms with E-state index in [-0.39, 0.29) is 11.9 Å². The molecule has 0 unspecified atom stereocenters. The average molecular weight is 334 g/mol. The second-order valence-corrected chi connectivity index (χ2v) is 6.83. The van der Waals surface area contributed by atoms with Gasteiger partial charge in [-0.05, 0) is 32.1 Å². The molecule has 1 saturated carbocycles. The van der Waals surface area contributed by atoms with Crippen LogP contribution in [-0.2, 0) is 4.79 Å². The van der Waals surface area contributed by atoms with Gasteiger partial charge in [0.25, 0.3) is 0 Å². The zero-order valence-corrected chi connectivity index (χ0v) is 14.3. The maximum Gasteiger partial charge on any atom is 0.323 e. The Hall–Kier alpha value is -2.05. The van der Waals surface area contributed by atoms with Gasteiger partial charge in [-0.3, -0.25) is 10.1 Å². The summed E-state index contributed by atoms with van der Waals surface area (Å²) < 4.78 is 4.95. The zero-order chi connectivity index (χ0) is 16.9. The molecule has 1 saturated heterocycles. The highest BCUT2D eigenvalue weighted by molar-refractivity contribution is 5.88. The van der Waals surface area contributed by atoms with E-state index < -0.39 is 0 Å². The molecule has 2 heterocycles. The van der Waals surface area contributed by atoms with Crippen LogP contribution in [0.1, 0.15) is 44.3 Å². The van der Waals surface area contributed by atoms with E-state index in [4.69, 9.17) is 4.52 Å². The topological polar surface area (TPSA) is 78.7 Å². The van der Waals surface area contributed by atoms with E-state index in [1.54, 1.807) is 17.9 Å². The molecule has 3 rings (SSSR count). The van der Waals surface area contributed by atoms with Crippen LogP contribution in [0.5, 0.6) is 0 Å². The Labute approximate surface area is 142 Å². The van der Waals surface area contributed by atoms with E-state index in [9.17, 15) is 9.59 Å². The highest BCUT2D eigenvalue weighted by atomic mass is 16.5. The SMILES string of the molecule is Cc1cc(NC(=O)N2CCCN(C(=O)CC3CCCC3)CC2)no1. The Morgan fingerprint density at radius 2 is 1.88 bits per heavy atom. The number of carbonyl (C=O) groups excluding carboxylic acids is 2. The molecule has 1 aliphatic heterocycles. The van der Waals surface area contributed by atoms with Crippen molar-refractivity contribution >= 4 is 17.8 Å². The van der Waals surface area contributed by atoms with Crippen LogP contribution in [-0.4, -0.2) is 53.1 Å². The molecule has 1 aromatic heterocycles. The monoisotopic (exact) mass is 334 g/mol. The molecule has 1 aliphatic carbocycles. The van der Waals surface area contributed by atoms with Crippen molar-refractivity contribution in [3.8, 4) is 0 Å². The van der Waals surface area contributed by atoms with Gasteiger partial charge in [-0.15, -0.1) is 0 Å². The van der Waals surface area contributed by atoms with Crippen molar-refractivity contribution in [1.29, 1.82) is 0 Å². The number of amides is 3. The van der Waals surface area contributed by atoms with Gasteiger partial charge < -0.3 is 14.3 Å². The summed E-state index contributed by atoms with van der Waals surface area (Å²) in [5.41, 5.74) is 0. The van der Waals surface area contributed by atoms with Crippen LogP contribution in [0.4, 0.5) is 10.6 Å². The fourth-order valence-corrected chi connectivity index (χ4v) is 3.57. The quantitative estimate of drug-likeness (QED) is 0.921. The van der Waals surface area contributed by atoms with E-state index in [0.29, 0.717) is 43.6 Å². The van der Waals surface area contributed by atoms with Gasteiger partial charge in [0, 0.05) is 38.7 Å². The van der Waals surface area contributed by atoms with Gasteiger partial charge >= 0.3 is 6.03 Å². The minimum absolute atomic E-state index is 0.187. The number of hydrogen-bond donors (Lipinski definition) is 1. The zero-order valence-electron chi connectivity index (χ0n) is 14.3. The smallest absolute Gasteiger partial charge is 0.323 e. The Morgan fingerprint density at radius 1 is 1.17 bits per heavy atom. The summed E-state index contributed by atoms with van der Waals surface area (Å²) in [4.78, 5) is 28.4. The lowest BCUT2D eigenvalue weighted by Gasteiger charge is -2.23. The van der Waals surface area contributed by atoms with Crippen LogP contribution in [0.2, 0.25) is 0 Å². The summed E-state index contributed by atoms with van der Waals surface area (Å²) >= 11 is 0. The molecule has 0 atom stereocenters. The summed E-state index contributed by atoms with van der Waals surface area (Å²) in [5, 5.41) is 6.52. The van der Waals surface area contributed by atoms with Gasteiger partial charge in [-0.1, -0.05) is 18.0 Å². The molecule has 7 heteroatoms. The minimum Gasteiger partial charge on any atom is -0.360 e. The van der Waals surface area contributed by atoms with Crippen molar-refractivity contribution in [2.24, 2.45) is 5.92 Å². The van der Waals surface area contributed by atoms with Gasteiger partial charge in [-0.25, -0.2) is 4.79 Å². The Kier molecular flexibility index (Phi) is 5.37. The first-order chi connectivity index (χ1) is 11.6. The lowest BCUT2D eigenvalue weighted by molar-refractivity contribution is -0.132. The Bertz CT molecular complexity index is 580. The lowest BCUT2D eigenvalue weighted by atomic mass is 10.0. The van der Waals surface area contributed by atoms with Gasteiger partial charge in [0.2, 0.25) is 5.91 Å². The summed E-state index contributed by atoms with van der Waals surface area (Å²) in [7, 11) is 0. The van der Waals surface area contributed by atoms with E-state index in [1.165, 1.54) is 25.7 Å². The Balaban J connectivity index is 1.48. The molecule has 1 aromatic rings. The fourth-order valence-electron chi connectivity index (χ4n) is 3.57. The molecular weight excluding hydrogens is 308 g/mol. The van der Waals surface area contributed by atoms with Crippen molar-refractivity contribution in [2.75, 3.05) is 31.5 Å². The number of carbonyl (C=O) groups is 2. The molecule has 0 spiro atoms. The molecule has 2 aliphatic rings. The van der Waals surface area contributed by atoms with Crippen LogP contribution in [0.3, 0.4) is 0 Å². The first kappa shape index (κ1) is 16.8. The second kappa shape index (κ2) is 7.68.